The van der Waals surface area contributed by atoms with Gasteiger partial charge in [0.05, 0.1) is 27.0 Å². The highest BCUT2D eigenvalue weighted by molar-refractivity contribution is 5.44. The summed E-state index contributed by atoms with van der Waals surface area (Å²) in [7, 11) is 4.87. The van der Waals surface area contributed by atoms with Gasteiger partial charge in [-0.3, -0.25) is 0 Å². The van der Waals surface area contributed by atoms with E-state index in [0.29, 0.717) is 43.0 Å². The van der Waals surface area contributed by atoms with E-state index in [9.17, 15) is 0 Å². The van der Waals surface area contributed by atoms with E-state index in [-0.39, 0.29) is 0 Å². The summed E-state index contributed by atoms with van der Waals surface area (Å²) in [5, 5.41) is 14.1. The number of nitrogens with zero attached hydrogens (tertiary/aromatic N) is 3. The highest BCUT2D eigenvalue weighted by atomic mass is 16.5. The van der Waals surface area contributed by atoms with Crippen LogP contribution in [0.25, 0.3) is 0 Å². The van der Waals surface area contributed by atoms with Crippen LogP contribution < -0.4 is 20.1 Å². The Morgan fingerprint density at radius 1 is 1.04 bits per heavy atom. The van der Waals surface area contributed by atoms with Crippen molar-refractivity contribution >= 4 is 11.8 Å². The van der Waals surface area contributed by atoms with Gasteiger partial charge in [-0.05, 0) is 17.7 Å². The van der Waals surface area contributed by atoms with Crippen molar-refractivity contribution in [2.24, 2.45) is 0 Å². The third kappa shape index (κ3) is 4.96. The van der Waals surface area contributed by atoms with Gasteiger partial charge in [-0.2, -0.15) is 10.1 Å². The monoisotopic (exact) mass is 319 g/mol. The molecule has 0 radical (unpaired) electrons. The van der Waals surface area contributed by atoms with E-state index in [1.54, 1.807) is 27.5 Å². The summed E-state index contributed by atoms with van der Waals surface area (Å²) in [6.07, 6.45) is 1.57. The summed E-state index contributed by atoms with van der Waals surface area (Å²) in [5.74, 6) is 2.47. The first-order valence-corrected chi connectivity index (χ1v) is 7.14. The van der Waals surface area contributed by atoms with Crippen LogP contribution in [0.1, 0.15) is 5.56 Å². The maximum atomic E-state index is 5.28. The lowest BCUT2D eigenvalue weighted by Gasteiger charge is -2.10. The fourth-order valence-electron chi connectivity index (χ4n) is 1.92. The van der Waals surface area contributed by atoms with Gasteiger partial charge in [0.15, 0.2) is 17.3 Å². The predicted octanol–water partition coefficient (Wildman–Crippen LogP) is 1.56. The lowest BCUT2D eigenvalue weighted by Crippen LogP contribution is -2.11. The van der Waals surface area contributed by atoms with Crippen LogP contribution in [-0.4, -0.2) is 49.7 Å². The second kappa shape index (κ2) is 8.74. The van der Waals surface area contributed by atoms with Gasteiger partial charge in [-0.15, -0.1) is 5.10 Å². The van der Waals surface area contributed by atoms with Crippen LogP contribution in [0.5, 0.6) is 11.5 Å². The molecule has 2 aromatic rings. The molecule has 1 aromatic carbocycles. The maximum Gasteiger partial charge on any atom is 0.244 e. The Bertz CT molecular complexity index is 624. The van der Waals surface area contributed by atoms with Gasteiger partial charge in [-0.25, -0.2) is 0 Å². The summed E-state index contributed by atoms with van der Waals surface area (Å²) >= 11 is 0. The third-order valence-corrected chi connectivity index (χ3v) is 3.07. The molecule has 0 fully saturated rings. The molecule has 2 rings (SSSR count). The van der Waals surface area contributed by atoms with Gasteiger partial charge in [0.2, 0.25) is 5.95 Å². The lowest BCUT2D eigenvalue weighted by molar-refractivity contribution is 0.210. The molecule has 1 heterocycles. The van der Waals surface area contributed by atoms with Crippen molar-refractivity contribution in [1.82, 2.24) is 15.2 Å². The zero-order chi connectivity index (χ0) is 16.5. The van der Waals surface area contributed by atoms with E-state index >= 15 is 0 Å². The molecule has 0 spiro atoms. The van der Waals surface area contributed by atoms with Gasteiger partial charge in [-0.1, -0.05) is 6.07 Å². The molecular weight excluding hydrogens is 298 g/mol. The van der Waals surface area contributed by atoms with E-state index in [1.165, 1.54) is 0 Å². The molecule has 0 amide bonds. The third-order valence-electron chi connectivity index (χ3n) is 3.07. The Labute approximate surface area is 135 Å². The summed E-state index contributed by atoms with van der Waals surface area (Å²) in [6, 6.07) is 5.71. The predicted molar refractivity (Wildman–Crippen MR) is 87.1 cm³/mol. The van der Waals surface area contributed by atoms with Gasteiger partial charge >= 0.3 is 0 Å². The molecular formula is C15H21N5O3. The number of anilines is 2. The largest absolute Gasteiger partial charge is 0.493 e. The molecule has 1 aromatic heterocycles. The van der Waals surface area contributed by atoms with Crippen LogP contribution in [0.15, 0.2) is 24.4 Å². The van der Waals surface area contributed by atoms with Crippen LogP contribution in [0.4, 0.5) is 11.8 Å². The lowest BCUT2D eigenvalue weighted by atomic mass is 10.2. The summed E-state index contributed by atoms with van der Waals surface area (Å²) < 4.78 is 15.5. The SMILES string of the molecule is COCCNc1cnnc(NCc2ccc(OC)c(OC)c2)n1. The Hall–Kier alpha value is -2.61. The molecule has 0 saturated carbocycles. The van der Waals surface area contributed by atoms with Gasteiger partial charge < -0.3 is 24.8 Å². The van der Waals surface area contributed by atoms with E-state index in [0.717, 1.165) is 5.56 Å². The van der Waals surface area contributed by atoms with Crippen molar-refractivity contribution < 1.29 is 14.2 Å². The second-order valence-corrected chi connectivity index (χ2v) is 4.63. The van der Waals surface area contributed by atoms with Crippen molar-refractivity contribution in [2.45, 2.75) is 6.54 Å². The Morgan fingerprint density at radius 3 is 2.61 bits per heavy atom. The standard InChI is InChI=1S/C15H21N5O3/c1-21-7-6-16-14-10-18-20-15(19-14)17-9-11-4-5-12(22-2)13(8-11)23-3/h4-5,8,10H,6-7,9H2,1-3H3,(H2,16,17,19,20). The van der Waals surface area contributed by atoms with Crippen LogP contribution in [0, 0.1) is 0 Å². The average Bonchev–Trinajstić information content (AvgIpc) is 2.60. The Morgan fingerprint density at radius 2 is 1.87 bits per heavy atom. The van der Waals surface area contributed by atoms with Crippen molar-refractivity contribution in [3.63, 3.8) is 0 Å². The molecule has 0 aliphatic rings. The normalized spacial score (nSPS) is 10.2. The second-order valence-electron chi connectivity index (χ2n) is 4.63. The molecule has 124 valence electrons. The highest BCUT2D eigenvalue weighted by Gasteiger charge is 2.05. The number of hydrogen-bond acceptors (Lipinski definition) is 8. The molecule has 0 aliphatic heterocycles. The number of methoxy groups -OCH3 is 3. The smallest absolute Gasteiger partial charge is 0.244 e. The number of benzene rings is 1. The van der Waals surface area contributed by atoms with E-state index < -0.39 is 0 Å². The van der Waals surface area contributed by atoms with E-state index in [1.807, 2.05) is 18.2 Å². The van der Waals surface area contributed by atoms with Crippen molar-refractivity contribution in [3.8, 4) is 11.5 Å². The Balaban J connectivity index is 1.96. The van der Waals surface area contributed by atoms with Crippen molar-refractivity contribution in [2.75, 3.05) is 45.1 Å². The molecule has 23 heavy (non-hydrogen) atoms. The molecule has 8 nitrogen and oxygen atoms in total. The topological polar surface area (TPSA) is 90.4 Å². The molecule has 0 aliphatic carbocycles. The first-order valence-electron chi connectivity index (χ1n) is 7.14. The molecule has 0 saturated heterocycles. The van der Waals surface area contributed by atoms with Crippen LogP contribution in [-0.2, 0) is 11.3 Å². The molecule has 0 unspecified atom stereocenters. The summed E-state index contributed by atoms with van der Waals surface area (Å²) in [5.41, 5.74) is 1.02. The number of aromatic nitrogens is 3. The first kappa shape index (κ1) is 16.8. The summed E-state index contributed by atoms with van der Waals surface area (Å²) in [6.45, 7) is 1.80. The minimum Gasteiger partial charge on any atom is -0.493 e. The Kier molecular flexibility index (Phi) is 6.37. The number of hydrogen-bond donors (Lipinski definition) is 2. The van der Waals surface area contributed by atoms with E-state index in [2.05, 4.69) is 25.8 Å². The van der Waals surface area contributed by atoms with Crippen LogP contribution >= 0.6 is 0 Å². The molecule has 2 N–H and O–H groups in total. The van der Waals surface area contributed by atoms with Crippen molar-refractivity contribution in [1.29, 1.82) is 0 Å². The van der Waals surface area contributed by atoms with Crippen LogP contribution in [0.2, 0.25) is 0 Å². The van der Waals surface area contributed by atoms with Crippen molar-refractivity contribution in [3.05, 3.63) is 30.0 Å². The zero-order valence-electron chi connectivity index (χ0n) is 13.5. The van der Waals surface area contributed by atoms with Gasteiger partial charge in [0, 0.05) is 20.2 Å². The average molecular weight is 319 g/mol. The molecule has 0 atom stereocenters. The molecule has 8 heteroatoms. The highest BCUT2D eigenvalue weighted by Crippen LogP contribution is 2.27. The van der Waals surface area contributed by atoms with Gasteiger partial charge in [0.25, 0.3) is 0 Å². The number of rotatable bonds is 9. The quantitative estimate of drug-likeness (QED) is 0.673. The van der Waals surface area contributed by atoms with Crippen LogP contribution in [0.3, 0.4) is 0 Å². The molecule has 0 bridgehead atoms. The number of ether oxygens (including phenoxy) is 3. The zero-order valence-corrected chi connectivity index (χ0v) is 13.5. The van der Waals surface area contributed by atoms with E-state index in [4.69, 9.17) is 14.2 Å². The fraction of sp³-hybridized carbons (Fsp3) is 0.400. The number of nitrogens with one attached hydrogen (secondary N) is 2. The fourth-order valence-corrected chi connectivity index (χ4v) is 1.92. The summed E-state index contributed by atoms with van der Waals surface area (Å²) in [4.78, 5) is 4.33. The maximum absolute atomic E-state index is 5.28. The van der Waals surface area contributed by atoms with Gasteiger partial charge in [0.1, 0.15) is 0 Å². The minimum absolute atomic E-state index is 0.446. The first-order chi connectivity index (χ1) is 11.3. The minimum atomic E-state index is 0.446.